The molecule has 0 unspecified atom stereocenters. The molecule has 0 saturated heterocycles. The van der Waals surface area contributed by atoms with Crippen molar-refractivity contribution < 1.29 is 9.47 Å². The fourth-order valence-corrected chi connectivity index (χ4v) is 0.903. The van der Waals surface area contributed by atoms with E-state index in [2.05, 4.69) is 5.10 Å². The fourth-order valence-electron chi connectivity index (χ4n) is 0.903. The largest absolute Gasteiger partial charge is 0.489 e. The Morgan fingerprint density at radius 1 is 1.54 bits per heavy atom. The van der Waals surface area contributed by atoms with Gasteiger partial charge in [-0.3, -0.25) is 4.68 Å². The second-order valence-electron chi connectivity index (χ2n) is 2.57. The van der Waals surface area contributed by atoms with Crippen molar-refractivity contribution >= 4 is 0 Å². The molecule has 13 heavy (non-hydrogen) atoms. The summed E-state index contributed by atoms with van der Waals surface area (Å²) in [5.41, 5.74) is 5.29. The van der Waals surface area contributed by atoms with E-state index in [4.69, 9.17) is 15.2 Å². The van der Waals surface area contributed by atoms with Crippen LogP contribution in [0.3, 0.4) is 0 Å². The molecule has 0 amide bonds. The number of aromatic nitrogens is 2. The van der Waals surface area contributed by atoms with Gasteiger partial charge in [0.15, 0.2) is 5.75 Å². The standard InChI is InChI=1S/C8H15N3O2/c1-12-5-3-11-7-8(6-10-11)13-4-2-9/h6-7H,2-5,9H2,1H3. The molecule has 0 fully saturated rings. The van der Waals surface area contributed by atoms with E-state index >= 15 is 0 Å². The highest BCUT2D eigenvalue weighted by atomic mass is 16.5. The highest BCUT2D eigenvalue weighted by Crippen LogP contribution is 2.07. The zero-order valence-corrected chi connectivity index (χ0v) is 7.77. The molecule has 5 heteroatoms. The number of methoxy groups -OCH3 is 1. The van der Waals surface area contributed by atoms with Crippen molar-refractivity contribution in [1.82, 2.24) is 9.78 Å². The minimum Gasteiger partial charge on any atom is -0.489 e. The number of rotatable bonds is 6. The summed E-state index contributed by atoms with van der Waals surface area (Å²) in [6.07, 6.45) is 3.50. The third-order valence-corrected chi connectivity index (χ3v) is 1.52. The third kappa shape index (κ3) is 3.43. The smallest absolute Gasteiger partial charge is 0.157 e. The van der Waals surface area contributed by atoms with E-state index in [9.17, 15) is 0 Å². The molecule has 0 spiro atoms. The predicted molar refractivity (Wildman–Crippen MR) is 48.7 cm³/mol. The summed E-state index contributed by atoms with van der Waals surface area (Å²) in [5.74, 6) is 0.751. The second kappa shape index (κ2) is 5.55. The average Bonchev–Trinajstić information content (AvgIpc) is 2.59. The lowest BCUT2D eigenvalue weighted by Gasteiger charge is -1.99. The molecule has 0 aliphatic carbocycles. The average molecular weight is 185 g/mol. The molecule has 0 aromatic carbocycles. The van der Waals surface area contributed by atoms with Crippen LogP contribution in [0.2, 0.25) is 0 Å². The van der Waals surface area contributed by atoms with Gasteiger partial charge in [0, 0.05) is 13.7 Å². The first-order valence-corrected chi connectivity index (χ1v) is 4.21. The summed E-state index contributed by atoms with van der Waals surface area (Å²) in [7, 11) is 1.66. The van der Waals surface area contributed by atoms with Crippen LogP contribution in [0.15, 0.2) is 12.4 Å². The first kappa shape index (κ1) is 10.0. The topological polar surface area (TPSA) is 62.3 Å². The summed E-state index contributed by atoms with van der Waals surface area (Å²) in [5, 5.41) is 4.08. The number of nitrogens with two attached hydrogens (primary N) is 1. The molecular formula is C8H15N3O2. The Hall–Kier alpha value is -1.07. The van der Waals surface area contributed by atoms with Crippen LogP contribution in [-0.4, -0.2) is 36.6 Å². The normalized spacial score (nSPS) is 10.3. The summed E-state index contributed by atoms with van der Waals surface area (Å²) in [4.78, 5) is 0. The molecule has 2 N–H and O–H groups in total. The second-order valence-corrected chi connectivity index (χ2v) is 2.57. The van der Waals surface area contributed by atoms with Gasteiger partial charge in [-0.15, -0.1) is 0 Å². The van der Waals surface area contributed by atoms with Crippen LogP contribution in [0.5, 0.6) is 5.75 Å². The van der Waals surface area contributed by atoms with Gasteiger partial charge < -0.3 is 15.2 Å². The van der Waals surface area contributed by atoms with Crippen LogP contribution >= 0.6 is 0 Å². The molecule has 0 radical (unpaired) electrons. The molecule has 1 heterocycles. The number of hydrogen-bond acceptors (Lipinski definition) is 4. The van der Waals surface area contributed by atoms with Gasteiger partial charge in [-0.1, -0.05) is 0 Å². The molecule has 74 valence electrons. The Bertz CT molecular complexity index is 215. The number of nitrogens with zero attached hydrogens (tertiary/aromatic N) is 2. The molecule has 0 bridgehead atoms. The summed E-state index contributed by atoms with van der Waals surface area (Å²) < 4.78 is 12.0. The van der Waals surface area contributed by atoms with Crippen LogP contribution in [0.25, 0.3) is 0 Å². The van der Waals surface area contributed by atoms with Gasteiger partial charge in [-0.2, -0.15) is 5.10 Å². The van der Waals surface area contributed by atoms with E-state index in [1.54, 1.807) is 18.0 Å². The molecule has 1 rings (SSSR count). The summed E-state index contributed by atoms with van der Waals surface area (Å²) in [6.45, 7) is 2.43. The van der Waals surface area contributed by atoms with Gasteiger partial charge in [0.25, 0.3) is 0 Å². The highest BCUT2D eigenvalue weighted by Gasteiger charge is 1.97. The van der Waals surface area contributed by atoms with Gasteiger partial charge in [-0.25, -0.2) is 0 Å². The Morgan fingerprint density at radius 2 is 2.38 bits per heavy atom. The van der Waals surface area contributed by atoms with Crippen LogP contribution in [0.1, 0.15) is 0 Å². The van der Waals surface area contributed by atoms with Gasteiger partial charge in [0.2, 0.25) is 0 Å². The van der Waals surface area contributed by atoms with E-state index in [1.807, 2.05) is 6.20 Å². The van der Waals surface area contributed by atoms with Crippen LogP contribution in [0, 0.1) is 0 Å². The molecule has 5 nitrogen and oxygen atoms in total. The lowest BCUT2D eigenvalue weighted by Crippen LogP contribution is -2.10. The van der Waals surface area contributed by atoms with Crippen molar-refractivity contribution in [2.24, 2.45) is 5.73 Å². The quantitative estimate of drug-likeness (QED) is 0.670. The summed E-state index contributed by atoms with van der Waals surface area (Å²) in [6, 6.07) is 0. The van der Waals surface area contributed by atoms with Crippen molar-refractivity contribution in [3.8, 4) is 5.75 Å². The van der Waals surface area contributed by atoms with Crippen LogP contribution in [0.4, 0.5) is 0 Å². The van der Waals surface area contributed by atoms with Crippen LogP contribution < -0.4 is 10.5 Å². The van der Waals surface area contributed by atoms with Gasteiger partial charge in [0.05, 0.1) is 25.5 Å². The predicted octanol–water partition coefficient (Wildman–Crippen LogP) is -0.133. The Kier molecular flexibility index (Phi) is 4.28. The monoisotopic (exact) mass is 185 g/mol. The molecule has 1 aromatic rings. The zero-order chi connectivity index (χ0) is 9.52. The van der Waals surface area contributed by atoms with E-state index in [-0.39, 0.29) is 0 Å². The Labute approximate surface area is 77.4 Å². The SMILES string of the molecule is COCCn1cc(OCCN)cn1. The van der Waals surface area contributed by atoms with Gasteiger partial charge in [0.1, 0.15) is 6.61 Å². The Morgan fingerprint density at radius 3 is 3.08 bits per heavy atom. The minimum absolute atomic E-state index is 0.517. The molecule has 0 aliphatic heterocycles. The number of hydrogen-bond donors (Lipinski definition) is 1. The van der Waals surface area contributed by atoms with Gasteiger partial charge >= 0.3 is 0 Å². The maximum atomic E-state index is 5.29. The van der Waals surface area contributed by atoms with Crippen molar-refractivity contribution in [3.63, 3.8) is 0 Å². The van der Waals surface area contributed by atoms with E-state index < -0.39 is 0 Å². The maximum Gasteiger partial charge on any atom is 0.157 e. The van der Waals surface area contributed by atoms with E-state index in [0.717, 1.165) is 12.3 Å². The summed E-state index contributed by atoms with van der Waals surface area (Å²) >= 11 is 0. The minimum atomic E-state index is 0.517. The lowest BCUT2D eigenvalue weighted by atomic mass is 10.6. The Balaban J connectivity index is 2.34. The first-order valence-electron chi connectivity index (χ1n) is 4.21. The lowest BCUT2D eigenvalue weighted by molar-refractivity contribution is 0.183. The molecule has 0 saturated carbocycles. The third-order valence-electron chi connectivity index (χ3n) is 1.52. The maximum absolute atomic E-state index is 5.29. The van der Waals surface area contributed by atoms with Crippen molar-refractivity contribution in [1.29, 1.82) is 0 Å². The van der Waals surface area contributed by atoms with Crippen molar-refractivity contribution in [2.75, 3.05) is 26.9 Å². The van der Waals surface area contributed by atoms with Gasteiger partial charge in [-0.05, 0) is 0 Å². The van der Waals surface area contributed by atoms with Crippen LogP contribution in [-0.2, 0) is 11.3 Å². The molecule has 0 atom stereocenters. The van der Waals surface area contributed by atoms with Crippen molar-refractivity contribution in [2.45, 2.75) is 6.54 Å². The zero-order valence-electron chi connectivity index (χ0n) is 7.77. The highest BCUT2D eigenvalue weighted by molar-refractivity contribution is 5.11. The number of ether oxygens (including phenoxy) is 2. The molecule has 1 aromatic heterocycles. The fraction of sp³-hybridized carbons (Fsp3) is 0.625. The first-order chi connectivity index (χ1) is 6.36. The molecular weight excluding hydrogens is 170 g/mol. The molecule has 0 aliphatic rings. The van der Waals surface area contributed by atoms with E-state index in [0.29, 0.717) is 19.8 Å². The van der Waals surface area contributed by atoms with E-state index in [1.165, 1.54) is 0 Å². The van der Waals surface area contributed by atoms with Crippen molar-refractivity contribution in [3.05, 3.63) is 12.4 Å².